The highest BCUT2D eigenvalue weighted by molar-refractivity contribution is 5.80. The quantitative estimate of drug-likeness (QED) is 0.670. The molecule has 2 rings (SSSR count). The van der Waals surface area contributed by atoms with Crippen LogP contribution < -0.4 is 5.43 Å². The summed E-state index contributed by atoms with van der Waals surface area (Å²) in [5, 5.41) is 13.2. The van der Waals surface area contributed by atoms with Gasteiger partial charge >= 0.3 is 0 Å². The smallest absolute Gasteiger partial charge is 0.252 e. The van der Waals surface area contributed by atoms with E-state index in [1.54, 1.807) is 6.21 Å². The summed E-state index contributed by atoms with van der Waals surface area (Å²) in [5.74, 6) is 0.916. The first kappa shape index (κ1) is 16.8. The van der Waals surface area contributed by atoms with Crippen molar-refractivity contribution in [3.05, 3.63) is 47.0 Å². The fraction of sp³-hybridized carbons (Fsp3) is 0.389. The number of nitrogens with zero attached hydrogens (tertiary/aromatic N) is 3. The Morgan fingerprint density at radius 2 is 1.91 bits per heavy atom. The molecule has 5 heteroatoms. The van der Waals surface area contributed by atoms with E-state index in [9.17, 15) is 0 Å². The van der Waals surface area contributed by atoms with Crippen molar-refractivity contribution in [2.45, 2.75) is 46.0 Å². The van der Waals surface area contributed by atoms with Gasteiger partial charge in [-0.2, -0.15) is 10.4 Å². The van der Waals surface area contributed by atoms with Gasteiger partial charge in [0.15, 0.2) is 0 Å². The van der Waals surface area contributed by atoms with Gasteiger partial charge in [-0.3, -0.25) is 0 Å². The average molecular weight is 310 g/mol. The van der Waals surface area contributed by atoms with Crippen molar-refractivity contribution in [2.24, 2.45) is 5.10 Å². The number of hydrogen-bond acceptors (Lipinski definition) is 5. The van der Waals surface area contributed by atoms with Gasteiger partial charge in [-0.1, -0.05) is 58.9 Å². The van der Waals surface area contributed by atoms with Gasteiger partial charge in [0.2, 0.25) is 11.6 Å². The average Bonchev–Trinajstić information content (AvgIpc) is 2.90. The topological polar surface area (TPSA) is 74.2 Å². The molecule has 0 aliphatic heterocycles. The Bertz CT molecular complexity index is 728. The monoisotopic (exact) mass is 310 g/mol. The lowest BCUT2D eigenvalue weighted by molar-refractivity contribution is 0.481. The van der Waals surface area contributed by atoms with E-state index >= 15 is 0 Å². The summed E-state index contributed by atoms with van der Waals surface area (Å²) in [6, 6.07) is 10.2. The molecule has 120 valence electrons. The van der Waals surface area contributed by atoms with E-state index in [0.717, 1.165) is 5.56 Å². The zero-order valence-electron chi connectivity index (χ0n) is 14.2. The zero-order chi connectivity index (χ0) is 17.0. The van der Waals surface area contributed by atoms with Crippen LogP contribution in [0, 0.1) is 11.3 Å². The molecule has 0 aliphatic carbocycles. The number of anilines is 1. The molecule has 5 nitrogen and oxygen atoms in total. The number of nitriles is 1. The Balaban J connectivity index is 2.09. The van der Waals surface area contributed by atoms with E-state index in [0.29, 0.717) is 5.89 Å². The van der Waals surface area contributed by atoms with Crippen molar-refractivity contribution in [2.75, 3.05) is 5.43 Å². The molecule has 0 unspecified atom stereocenters. The first-order valence-corrected chi connectivity index (χ1v) is 7.61. The largest absolute Gasteiger partial charge is 0.422 e. The van der Waals surface area contributed by atoms with Gasteiger partial charge in [-0.05, 0) is 16.5 Å². The standard InChI is InChI=1S/C18H22N4O/c1-12(2)16-21-15(10-19)17(23-16)22-20-11-13-6-8-14(9-7-13)18(3,4)5/h6-9,11-12,22H,1-5H3/b20-11+. The minimum atomic E-state index is 0.117. The number of rotatable bonds is 4. The molecular formula is C18H22N4O. The highest BCUT2D eigenvalue weighted by Crippen LogP contribution is 2.23. The lowest BCUT2D eigenvalue weighted by Gasteiger charge is -2.18. The Morgan fingerprint density at radius 3 is 2.43 bits per heavy atom. The molecule has 0 saturated carbocycles. The molecule has 0 amide bonds. The maximum absolute atomic E-state index is 9.07. The number of oxazole rings is 1. The molecule has 1 N–H and O–H groups in total. The molecule has 2 aromatic rings. The second-order valence-corrected chi connectivity index (χ2v) is 6.74. The Morgan fingerprint density at radius 1 is 1.26 bits per heavy atom. The Hall–Kier alpha value is -2.61. The second-order valence-electron chi connectivity index (χ2n) is 6.74. The molecule has 1 heterocycles. The minimum Gasteiger partial charge on any atom is -0.422 e. The zero-order valence-corrected chi connectivity index (χ0v) is 14.2. The number of benzene rings is 1. The maximum atomic E-state index is 9.07. The number of aromatic nitrogens is 1. The van der Waals surface area contributed by atoms with Crippen LogP contribution in [0.5, 0.6) is 0 Å². The lowest BCUT2D eigenvalue weighted by Crippen LogP contribution is -2.10. The lowest BCUT2D eigenvalue weighted by atomic mass is 9.87. The third-order valence-electron chi connectivity index (χ3n) is 3.40. The molecule has 1 aromatic carbocycles. The highest BCUT2D eigenvalue weighted by Gasteiger charge is 2.15. The normalized spacial score (nSPS) is 11.9. The fourth-order valence-electron chi connectivity index (χ4n) is 1.97. The summed E-state index contributed by atoms with van der Waals surface area (Å²) in [4.78, 5) is 4.13. The minimum absolute atomic E-state index is 0.117. The summed E-state index contributed by atoms with van der Waals surface area (Å²) in [6.45, 7) is 10.4. The van der Waals surface area contributed by atoms with E-state index in [-0.39, 0.29) is 22.9 Å². The van der Waals surface area contributed by atoms with Crippen LogP contribution in [0.3, 0.4) is 0 Å². The number of hydrogen-bond donors (Lipinski definition) is 1. The molecule has 0 atom stereocenters. The molecule has 0 aliphatic rings. The van der Waals surface area contributed by atoms with Gasteiger partial charge in [0.05, 0.1) is 6.21 Å². The van der Waals surface area contributed by atoms with Crippen LogP contribution in [0.15, 0.2) is 33.8 Å². The van der Waals surface area contributed by atoms with E-state index < -0.39 is 0 Å². The molecule has 0 radical (unpaired) electrons. The first-order chi connectivity index (χ1) is 10.8. The van der Waals surface area contributed by atoms with Crippen LogP contribution in [0.2, 0.25) is 0 Å². The molecule has 1 aromatic heterocycles. The van der Waals surface area contributed by atoms with Crippen LogP contribution in [-0.2, 0) is 5.41 Å². The van der Waals surface area contributed by atoms with Crippen molar-refractivity contribution < 1.29 is 4.42 Å². The van der Waals surface area contributed by atoms with E-state index in [2.05, 4.69) is 48.4 Å². The predicted molar refractivity (Wildman–Crippen MR) is 91.7 cm³/mol. The molecule has 0 spiro atoms. The first-order valence-electron chi connectivity index (χ1n) is 7.61. The van der Waals surface area contributed by atoms with Crippen molar-refractivity contribution in [1.82, 2.24) is 4.98 Å². The van der Waals surface area contributed by atoms with Crippen LogP contribution in [0.25, 0.3) is 0 Å². The third-order valence-corrected chi connectivity index (χ3v) is 3.40. The van der Waals surface area contributed by atoms with Crippen molar-refractivity contribution in [1.29, 1.82) is 5.26 Å². The van der Waals surface area contributed by atoms with Gasteiger partial charge in [-0.15, -0.1) is 0 Å². The maximum Gasteiger partial charge on any atom is 0.252 e. The SMILES string of the molecule is CC(C)c1nc(C#N)c(N/N=C/c2ccc(C(C)(C)C)cc2)o1. The number of hydrazone groups is 1. The predicted octanol–water partition coefficient (Wildman–Crippen LogP) is 4.41. The van der Waals surface area contributed by atoms with Gasteiger partial charge in [-0.25, -0.2) is 10.4 Å². The third kappa shape index (κ3) is 4.19. The van der Waals surface area contributed by atoms with Gasteiger partial charge in [0, 0.05) is 5.92 Å². The van der Waals surface area contributed by atoms with Gasteiger partial charge in [0.25, 0.3) is 5.88 Å². The van der Waals surface area contributed by atoms with Crippen molar-refractivity contribution in [3.8, 4) is 6.07 Å². The van der Waals surface area contributed by atoms with Crippen LogP contribution in [0.4, 0.5) is 5.88 Å². The fourth-order valence-corrected chi connectivity index (χ4v) is 1.97. The molecular weight excluding hydrogens is 288 g/mol. The molecule has 0 fully saturated rings. The second kappa shape index (κ2) is 6.66. The Kier molecular flexibility index (Phi) is 4.85. The summed E-state index contributed by atoms with van der Waals surface area (Å²) in [5.41, 5.74) is 5.33. The van der Waals surface area contributed by atoms with Crippen molar-refractivity contribution in [3.63, 3.8) is 0 Å². The molecule has 23 heavy (non-hydrogen) atoms. The summed E-state index contributed by atoms with van der Waals surface area (Å²) in [7, 11) is 0. The van der Waals surface area contributed by atoms with Gasteiger partial charge < -0.3 is 4.42 Å². The Labute approximate surface area is 137 Å². The molecule has 0 bridgehead atoms. The van der Waals surface area contributed by atoms with E-state index in [4.69, 9.17) is 9.68 Å². The molecule has 0 saturated heterocycles. The summed E-state index contributed by atoms with van der Waals surface area (Å²) in [6.07, 6.45) is 1.69. The summed E-state index contributed by atoms with van der Waals surface area (Å²) < 4.78 is 5.51. The van der Waals surface area contributed by atoms with E-state index in [1.165, 1.54) is 5.56 Å². The van der Waals surface area contributed by atoms with Crippen LogP contribution in [0.1, 0.15) is 63.2 Å². The van der Waals surface area contributed by atoms with Crippen LogP contribution >= 0.6 is 0 Å². The highest BCUT2D eigenvalue weighted by atomic mass is 16.4. The van der Waals surface area contributed by atoms with Crippen LogP contribution in [-0.4, -0.2) is 11.2 Å². The van der Waals surface area contributed by atoms with Crippen molar-refractivity contribution >= 4 is 12.1 Å². The number of nitrogens with one attached hydrogen (secondary N) is 1. The van der Waals surface area contributed by atoms with Gasteiger partial charge in [0.1, 0.15) is 6.07 Å². The van der Waals surface area contributed by atoms with E-state index in [1.807, 2.05) is 32.0 Å². The summed E-state index contributed by atoms with van der Waals surface area (Å²) >= 11 is 0.